The van der Waals surface area contributed by atoms with Gasteiger partial charge in [0.2, 0.25) is 0 Å². The summed E-state index contributed by atoms with van der Waals surface area (Å²) in [5.74, 6) is -1.92. The summed E-state index contributed by atoms with van der Waals surface area (Å²) in [5.41, 5.74) is -0.721. The molecule has 1 saturated heterocycles. The summed E-state index contributed by atoms with van der Waals surface area (Å²) in [6.07, 6.45) is 1.84. The van der Waals surface area contributed by atoms with E-state index in [1.807, 2.05) is 6.92 Å². The van der Waals surface area contributed by atoms with E-state index >= 15 is 0 Å². The molecule has 1 heterocycles. The minimum absolute atomic E-state index is 0.0191. The van der Waals surface area contributed by atoms with Gasteiger partial charge in [-0.25, -0.2) is 4.79 Å². The van der Waals surface area contributed by atoms with Crippen LogP contribution >= 0.6 is 0 Å². The third kappa shape index (κ3) is 4.49. The number of carbonyl (C=O) groups excluding carboxylic acids is 1. The lowest BCUT2D eigenvalue weighted by molar-refractivity contribution is -0.321. The summed E-state index contributed by atoms with van der Waals surface area (Å²) >= 11 is 0. The number of aldehydes is 1. The van der Waals surface area contributed by atoms with Crippen LogP contribution in [0.15, 0.2) is 11.6 Å². The Morgan fingerprint density at radius 1 is 0.870 bits per heavy atom. The predicted octanol–water partition coefficient (Wildman–Crippen LogP) is 4.33. The van der Waals surface area contributed by atoms with Crippen LogP contribution in [-0.2, 0) is 23.9 Å². The number of allylic oxidation sites excluding steroid dienone is 2. The van der Waals surface area contributed by atoms with Gasteiger partial charge in [0.1, 0.15) is 24.6 Å². The number of carbonyl (C=O) groups is 3. The molecule has 0 bridgehead atoms. The second-order valence-electron chi connectivity index (χ2n) is 17.6. The molecule has 14 atom stereocenters. The Kier molecular flexibility index (Phi) is 8.01. The Hall–Kier alpha value is -1.85. The van der Waals surface area contributed by atoms with Crippen molar-refractivity contribution >= 4 is 18.2 Å². The van der Waals surface area contributed by atoms with E-state index in [-0.39, 0.29) is 39.4 Å². The lowest BCUT2D eigenvalue weighted by Crippen LogP contribution is -2.67. The highest BCUT2D eigenvalue weighted by molar-refractivity contribution is 5.76. The molecule has 258 valence electrons. The zero-order valence-corrected chi connectivity index (χ0v) is 28.2. The van der Waals surface area contributed by atoms with E-state index in [4.69, 9.17) is 9.47 Å². The molecule has 0 radical (unpaired) electrons. The monoisotopic (exact) mass is 646 g/mol. The predicted molar refractivity (Wildman–Crippen MR) is 166 cm³/mol. The number of rotatable bonds is 5. The van der Waals surface area contributed by atoms with Gasteiger partial charge in [0.25, 0.3) is 0 Å². The highest BCUT2D eigenvalue weighted by atomic mass is 16.7. The fourth-order valence-electron chi connectivity index (χ4n) is 12.0. The minimum Gasteiger partial charge on any atom is -0.481 e. The first-order chi connectivity index (χ1) is 21.3. The first-order valence-corrected chi connectivity index (χ1v) is 17.3. The van der Waals surface area contributed by atoms with Crippen LogP contribution in [0.5, 0.6) is 0 Å². The fourth-order valence-corrected chi connectivity index (χ4v) is 12.0. The molecule has 10 heteroatoms. The van der Waals surface area contributed by atoms with Crippen LogP contribution in [0.4, 0.5) is 0 Å². The van der Waals surface area contributed by atoms with Crippen molar-refractivity contribution in [1.82, 2.24) is 0 Å². The van der Waals surface area contributed by atoms with Crippen molar-refractivity contribution in [2.45, 2.75) is 143 Å². The molecular formula is C36H54O10. The number of hydrogen-bond acceptors (Lipinski definition) is 8. The van der Waals surface area contributed by atoms with E-state index in [9.17, 15) is 39.9 Å². The van der Waals surface area contributed by atoms with Crippen molar-refractivity contribution in [1.29, 1.82) is 0 Å². The lowest BCUT2D eigenvalue weighted by atomic mass is 9.33. The molecular weight excluding hydrogens is 592 g/mol. The Bertz CT molecular complexity index is 1310. The first kappa shape index (κ1) is 34.0. The van der Waals surface area contributed by atoms with Crippen molar-refractivity contribution in [2.24, 2.45) is 50.2 Å². The average molecular weight is 647 g/mol. The second kappa shape index (κ2) is 10.8. The summed E-state index contributed by atoms with van der Waals surface area (Å²) in [5, 5.41) is 51.3. The smallest absolute Gasteiger partial charge is 0.335 e. The Morgan fingerprint density at radius 3 is 2.17 bits per heavy atom. The van der Waals surface area contributed by atoms with Gasteiger partial charge >= 0.3 is 11.9 Å². The fraction of sp³-hybridized carbons (Fsp3) is 0.861. The summed E-state index contributed by atoms with van der Waals surface area (Å²) in [6, 6.07) is 0. The zero-order chi connectivity index (χ0) is 33.8. The minimum atomic E-state index is -1.82. The molecule has 1 unspecified atom stereocenters. The van der Waals surface area contributed by atoms with Gasteiger partial charge in [-0.3, -0.25) is 4.79 Å². The lowest BCUT2D eigenvalue weighted by Gasteiger charge is -2.71. The maximum absolute atomic E-state index is 13.1. The molecule has 1 aliphatic heterocycles. The molecule has 4 saturated carbocycles. The van der Waals surface area contributed by atoms with Crippen LogP contribution in [0.2, 0.25) is 0 Å². The molecule has 5 aliphatic carbocycles. The van der Waals surface area contributed by atoms with E-state index in [0.717, 1.165) is 57.7 Å². The van der Waals surface area contributed by atoms with Gasteiger partial charge in [0.15, 0.2) is 12.4 Å². The number of ether oxygens (including phenoxy) is 2. The van der Waals surface area contributed by atoms with Crippen molar-refractivity contribution in [3.63, 3.8) is 0 Å². The van der Waals surface area contributed by atoms with Gasteiger partial charge in [-0.2, -0.15) is 0 Å². The van der Waals surface area contributed by atoms with Crippen molar-refractivity contribution < 1.29 is 49.4 Å². The number of hydrogen-bond donors (Lipinski definition) is 5. The quantitative estimate of drug-likeness (QED) is 0.165. The van der Waals surface area contributed by atoms with Crippen LogP contribution in [0, 0.1) is 50.2 Å². The van der Waals surface area contributed by atoms with Crippen molar-refractivity contribution in [3.8, 4) is 0 Å². The number of aliphatic hydroxyl groups is 3. The van der Waals surface area contributed by atoms with Gasteiger partial charge < -0.3 is 39.8 Å². The third-order valence-corrected chi connectivity index (χ3v) is 15.1. The van der Waals surface area contributed by atoms with Gasteiger partial charge in [-0.05, 0) is 104 Å². The van der Waals surface area contributed by atoms with E-state index in [0.29, 0.717) is 12.8 Å². The van der Waals surface area contributed by atoms with E-state index in [1.165, 1.54) is 5.57 Å². The van der Waals surface area contributed by atoms with Gasteiger partial charge in [-0.1, -0.05) is 53.2 Å². The van der Waals surface area contributed by atoms with E-state index in [2.05, 4.69) is 40.7 Å². The van der Waals surface area contributed by atoms with Gasteiger partial charge in [-0.15, -0.1) is 0 Å². The highest BCUT2D eigenvalue weighted by Crippen LogP contribution is 2.75. The molecule has 0 aromatic carbocycles. The largest absolute Gasteiger partial charge is 0.481 e. The standard InChI is InChI=1S/C36H54O10/c1-31(2)13-15-36(30(43)44)16-14-34(5)19(20(36)17-31)7-8-22-32(3)11-10-23(33(4,18-37)21(32)9-12-35(22,34)6)45-29-26(40)24(38)25(39)27(46-29)28(41)42/h7,18,20-27,29,38-40H,8-17H2,1-6H3,(H,41,42)(H,43,44)/t20-,21+,22+,23-,24-,25-,26+,27-,29?,32-,33-,34+,35+,36-/m0/s1. The maximum Gasteiger partial charge on any atom is 0.335 e. The first-order valence-electron chi connectivity index (χ1n) is 17.3. The van der Waals surface area contributed by atoms with Crippen LogP contribution < -0.4 is 0 Å². The van der Waals surface area contributed by atoms with Crippen LogP contribution in [0.3, 0.4) is 0 Å². The number of aliphatic hydroxyl groups excluding tert-OH is 3. The maximum atomic E-state index is 13.1. The summed E-state index contributed by atoms with van der Waals surface area (Å²) < 4.78 is 11.7. The summed E-state index contributed by atoms with van der Waals surface area (Å²) in [4.78, 5) is 37.7. The molecule has 0 aromatic heterocycles. The normalized spacial score (nSPS) is 53.0. The topological polar surface area (TPSA) is 171 Å². The second-order valence-corrected chi connectivity index (χ2v) is 17.6. The molecule has 0 amide bonds. The molecule has 5 N–H and O–H groups in total. The number of carboxylic acids is 2. The SMILES string of the molecule is CC1(C)CC[C@]2(C(=O)O)CC[C@]3(C)C(=CC[C@@H]4[C@@]5(C)CC[C@H](OC6O[C@H](C(=O)O)[C@@H](O)[C@H](O)[C@H]6O)[C@@](C)(C=O)[C@@H]5CC[C@]43C)[C@@H]2C1. The van der Waals surface area contributed by atoms with Crippen LogP contribution in [0.25, 0.3) is 0 Å². The molecule has 0 spiro atoms. The third-order valence-electron chi connectivity index (χ3n) is 15.1. The van der Waals surface area contributed by atoms with Crippen LogP contribution in [-0.4, -0.2) is 80.6 Å². The Labute approximate surface area is 271 Å². The Morgan fingerprint density at radius 2 is 1.54 bits per heavy atom. The van der Waals surface area contributed by atoms with Gasteiger partial charge in [0.05, 0.1) is 16.9 Å². The van der Waals surface area contributed by atoms with Crippen molar-refractivity contribution in [2.75, 3.05) is 0 Å². The molecule has 10 nitrogen and oxygen atoms in total. The van der Waals surface area contributed by atoms with E-state index < -0.39 is 59.6 Å². The molecule has 46 heavy (non-hydrogen) atoms. The number of carboxylic acid groups (broad SMARTS) is 2. The molecule has 6 rings (SSSR count). The number of aliphatic carboxylic acids is 2. The average Bonchev–Trinajstić information content (AvgIpc) is 2.98. The van der Waals surface area contributed by atoms with Gasteiger partial charge in [0, 0.05) is 0 Å². The zero-order valence-electron chi connectivity index (χ0n) is 28.2. The van der Waals surface area contributed by atoms with Crippen LogP contribution in [0.1, 0.15) is 106 Å². The summed E-state index contributed by atoms with van der Waals surface area (Å²) in [7, 11) is 0. The molecule has 6 aliphatic rings. The number of fused-ring (bicyclic) bond motifs is 7. The molecule has 5 fully saturated rings. The van der Waals surface area contributed by atoms with E-state index in [1.54, 1.807) is 0 Å². The Balaban J connectivity index is 1.31. The summed E-state index contributed by atoms with van der Waals surface area (Å²) in [6.45, 7) is 13.5. The van der Waals surface area contributed by atoms with Crippen molar-refractivity contribution in [3.05, 3.63) is 11.6 Å². The highest BCUT2D eigenvalue weighted by Gasteiger charge is 2.70. The molecule has 0 aromatic rings.